The molecule has 2 heterocycles. The standard InChI is InChI=1S/C19H22N4O2/c1-12(22-13(2)25)14-3-5-15(6-4-14)17-11-18(20-9-10-24)23-19-16(17)7-8-21-19/h3-8,11-12,24H,9-10H2,1-2H3,(H,22,25)(H2,20,21,23). The van der Waals surface area contributed by atoms with Crippen LogP contribution < -0.4 is 10.6 Å². The maximum atomic E-state index is 11.2. The van der Waals surface area contributed by atoms with Crippen LogP contribution in [0, 0.1) is 0 Å². The van der Waals surface area contributed by atoms with E-state index in [0.717, 1.165) is 33.5 Å². The summed E-state index contributed by atoms with van der Waals surface area (Å²) in [4.78, 5) is 18.9. The van der Waals surface area contributed by atoms with Gasteiger partial charge in [-0.3, -0.25) is 4.79 Å². The fourth-order valence-electron chi connectivity index (χ4n) is 2.89. The van der Waals surface area contributed by atoms with Crippen LogP contribution in [-0.2, 0) is 4.79 Å². The van der Waals surface area contributed by atoms with Crippen molar-refractivity contribution in [2.75, 3.05) is 18.5 Å². The lowest BCUT2D eigenvalue weighted by atomic mass is 10.00. The summed E-state index contributed by atoms with van der Waals surface area (Å²) in [7, 11) is 0. The first kappa shape index (κ1) is 17.0. The number of amides is 1. The molecule has 6 nitrogen and oxygen atoms in total. The Bertz CT molecular complexity index is 871. The monoisotopic (exact) mass is 338 g/mol. The maximum absolute atomic E-state index is 11.2. The number of aromatic nitrogens is 2. The van der Waals surface area contributed by atoms with Crippen LogP contribution in [0.1, 0.15) is 25.5 Å². The molecule has 1 unspecified atom stereocenters. The molecule has 0 saturated carbocycles. The molecular formula is C19H22N4O2. The lowest BCUT2D eigenvalue weighted by Gasteiger charge is -2.14. The number of aliphatic hydroxyl groups is 1. The van der Waals surface area contributed by atoms with E-state index in [1.54, 1.807) is 0 Å². The number of fused-ring (bicyclic) bond motifs is 1. The van der Waals surface area contributed by atoms with Crippen molar-refractivity contribution in [3.63, 3.8) is 0 Å². The van der Waals surface area contributed by atoms with Gasteiger partial charge in [-0.05, 0) is 35.7 Å². The number of nitrogens with zero attached hydrogens (tertiary/aromatic N) is 1. The number of carbonyl (C=O) groups excluding carboxylic acids is 1. The second kappa shape index (κ2) is 7.36. The molecule has 0 bridgehead atoms. The Balaban J connectivity index is 1.95. The highest BCUT2D eigenvalue weighted by molar-refractivity contribution is 5.94. The molecule has 0 aliphatic heterocycles. The van der Waals surface area contributed by atoms with Crippen molar-refractivity contribution in [3.05, 3.63) is 48.2 Å². The third-order valence-electron chi connectivity index (χ3n) is 4.09. The number of nitrogens with one attached hydrogen (secondary N) is 3. The van der Waals surface area contributed by atoms with E-state index < -0.39 is 0 Å². The highest BCUT2D eigenvalue weighted by atomic mass is 16.3. The van der Waals surface area contributed by atoms with Crippen molar-refractivity contribution < 1.29 is 9.90 Å². The van der Waals surface area contributed by atoms with E-state index in [4.69, 9.17) is 5.11 Å². The first-order valence-electron chi connectivity index (χ1n) is 8.29. The molecule has 0 radical (unpaired) electrons. The van der Waals surface area contributed by atoms with Gasteiger partial charge in [-0.2, -0.15) is 0 Å². The molecule has 1 amide bonds. The molecule has 0 spiro atoms. The van der Waals surface area contributed by atoms with Gasteiger partial charge < -0.3 is 20.7 Å². The van der Waals surface area contributed by atoms with Gasteiger partial charge in [0.15, 0.2) is 0 Å². The number of pyridine rings is 1. The Hall–Kier alpha value is -2.86. The van der Waals surface area contributed by atoms with Gasteiger partial charge >= 0.3 is 0 Å². The second-order valence-electron chi connectivity index (χ2n) is 5.99. The smallest absolute Gasteiger partial charge is 0.217 e. The first-order valence-corrected chi connectivity index (χ1v) is 8.29. The molecule has 0 aliphatic rings. The molecule has 3 aromatic rings. The first-order chi connectivity index (χ1) is 12.1. The number of anilines is 1. The van der Waals surface area contributed by atoms with Gasteiger partial charge in [-0.25, -0.2) is 4.98 Å². The fourth-order valence-corrected chi connectivity index (χ4v) is 2.89. The number of H-pyrrole nitrogens is 1. The van der Waals surface area contributed by atoms with Gasteiger partial charge in [0.25, 0.3) is 0 Å². The normalized spacial score (nSPS) is 12.1. The van der Waals surface area contributed by atoms with E-state index in [-0.39, 0.29) is 18.6 Å². The molecule has 0 aliphatic carbocycles. The molecule has 25 heavy (non-hydrogen) atoms. The largest absolute Gasteiger partial charge is 0.395 e. The molecule has 6 heteroatoms. The van der Waals surface area contributed by atoms with E-state index in [9.17, 15) is 4.79 Å². The van der Waals surface area contributed by atoms with Crippen LogP contribution in [0.15, 0.2) is 42.6 Å². The topological polar surface area (TPSA) is 90.0 Å². The molecule has 2 aromatic heterocycles. The summed E-state index contributed by atoms with van der Waals surface area (Å²) in [5.41, 5.74) is 3.98. The maximum Gasteiger partial charge on any atom is 0.217 e. The molecule has 3 rings (SSSR count). The van der Waals surface area contributed by atoms with Gasteiger partial charge in [-0.15, -0.1) is 0 Å². The van der Waals surface area contributed by atoms with Crippen LogP contribution >= 0.6 is 0 Å². The number of hydrogen-bond donors (Lipinski definition) is 4. The summed E-state index contributed by atoms with van der Waals surface area (Å²) in [6, 6.07) is 12.1. The van der Waals surface area contributed by atoms with Crippen molar-refractivity contribution in [1.29, 1.82) is 0 Å². The molecule has 0 saturated heterocycles. The Labute approximate surface area is 146 Å². The van der Waals surface area contributed by atoms with Crippen molar-refractivity contribution in [2.24, 2.45) is 0 Å². The average Bonchev–Trinajstić information content (AvgIpc) is 3.07. The molecule has 130 valence electrons. The molecular weight excluding hydrogens is 316 g/mol. The van der Waals surface area contributed by atoms with Gasteiger partial charge in [0, 0.05) is 25.1 Å². The molecule has 4 N–H and O–H groups in total. The number of hydrogen-bond acceptors (Lipinski definition) is 4. The predicted octanol–water partition coefficient (Wildman–Crippen LogP) is 2.83. The minimum atomic E-state index is -0.0423. The predicted molar refractivity (Wildman–Crippen MR) is 99.3 cm³/mol. The minimum Gasteiger partial charge on any atom is -0.395 e. The van der Waals surface area contributed by atoms with Crippen molar-refractivity contribution >= 4 is 22.8 Å². The van der Waals surface area contributed by atoms with E-state index >= 15 is 0 Å². The summed E-state index contributed by atoms with van der Waals surface area (Å²) in [6.07, 6.45) is 1.87. The van der Waals surface area contributed by atoms with Gasteiger partial charge in [0.05, 0.1) is 12.6 Å². The highest BCUT2D eigenvalue weighted by Gasteiger charge is 2.11. The summed E-state index contributed by atoms with van der Waals surface area (Å²) in [5.74, 6) is 0.675. The Morgan fingerprint density at radius 1 is 1.28 bits per heavy atom. The number of carbonyl (C=O) groups is 1. The zero-order valence-corrected chi connectivity index (χ0v) is 14.3. The van der Waals surface area contributed by atoms with Gasteiger partial charge in [0.2, 0.25) is 5.91 Å². The molecule has 1 aromatic carbocycles. The quantitative estimate of drug-likeness (QED) is 0.556. The number of aromatic amines is 1. The van der Waals surface area contributed by atoms with Crippen molar-refractivity contribution in [1.82, 2.24) is 15.3 Å². The van der Waals surface area contributed by atoms with E-state index in [2.05, 4.69) is 20.6 Å². The minimum absolute atomic E-state index is 0.0296. The van der Waals surface area contributed by atoms with E-state index in [1.165, 1.54) is 6.92 Å². The number of benzene rings is 1. The Morgan fingerprint density at radius 2 is 2.04 bits per heavy atom. The molecule has 0 fully saturated rings. The van der Waals surface area contributed by atoms with Crippen LogP contribution in [0.4, 0.5) is 5.82 Å². The van der Waals surface area contributed by atoms with Gasteiger partial charge in [0.1, 0.15) is 11.5 Å². The van der Waals surface area contributed by atoms with Crippen LogP contribution in [0.2, 0.25) is 0 Å². The summed E-state index contributed by atoms with van der Waals surface area (Å²) in [5, 5.41) is 16.0. The zero-order valence-electron chi connectivity index (χ0n) is 14.3. The highest BCUT2D eigenvalue weighted by Crippen LogP contribution is 2.30. The number of rotatable bonds is 6. The van der Waals surface area contributed by atoms with Gasteiger partial charge in [-0.1, -0.05) is 24.3 Å². The number of aliphatic hydroxyl groups excluding tert-OH is 1. The summed E-state index contributed by atoms with van der Waals surface area (Å²) >= 11 is 0. The summed E-state index contributed by atoms with van der Waals surface area (Å²) < 4.78 is 0. The SMILES string of the molecule is CC(=O)NC(C)c1ccc(-c2cc(NCCO)nc3[nH]ccc23)cc1. The van der Waals surface area contributed by atoms with Crippen LogP contribution in [-0.4, -0.2) is 34.1 Å². The Morgan fingerprint density at radius 3 is 2.72 bits per heavy atom. The second-order valence-corrected chi connectivity index (χ2v) is 5.99. The zero-order chi connectivity index (χ0) is 17.8. The van der Waals surface area contributed by atoms with Crippen molar-refractivity contribution in [2.45, 2.75) is 19.9 Å². The van der Waals surface area contributed by atoms with Crippen LogP contribution in [0.25, 0.3) is 22.2 Å². The third kappa shape index (κ3) is 3.80. The summed E-state index contributed by atoms with van der Waals surface area (Å²) in [6.45, 7) is 3.98. The molecule has 1 atom stereocenters. The lowest BCUT2D eigenvalue weighted by molar-refractivity contribution is -0.119. The van der Waals surface area contributed by atoms with Crippen molar-refractivity contribution in [3.8, 4) is 11.1 Å². The lowest BCUT2D eigenvalue weighted by Crippen LogP contribution is -2.23. The Kier molecular flexibility index (Phi) is 5.00. The van der Waals surface area contributed by atoms with Crippen LogP contribution in [0.5, 0.6) is 0 Å². The fraction of sp³-hybridized carbons (Fsp3) is 0.263. The van der Waals surface area contributed by atoms with E-state index in [1.807, 2.05) is 49.5 Å². The van der Waals surface area contributed by atoms with Crippen LogP contribution in [0.3, 0.4) is 0 Å². The van der Waals surface area contributed by atoms with E-state index in [0.29, 0.717) is 6.54 Å². The average molecular weight is 338 g/mol. The third-order valence-corrected chi connectivity index (χ3v) is 4.09.